The summed E-state index contributed by atoms with van der Waals surface area (Å²) in [5.41, 5.74) is -1.57. The van der Waals surface area contributed by atoms with Crippen LogP contribution in [0.5, 0.6) is 11.5 Å². The van der Waals surface area contributed by atoms with Crippen LogP contribution < -0.4 is 20.7 Å². The molecule has 0 radical (unpaired) electrons. The Kier molecular flexibility index (Phi) is 7.37. The van der Waals surface area contributed by atoms with Gasteiger partial charge in [0, 0.05) is 18.2 Å². The molecule has 3 aromatic carbocycles. The summed E-state index contributed by atoms with van der Waals surface area (Å²) in [7, 11) is 3.16. The van der Waals surface area contributed by atoms with E-state index < -0.39 is 41.2 Å². The largest absolute Gasteiger partial charge is 0.497 e. The fourth-order valence-corrected chi connectivity index (χ4v) is 5.92. The zero-order chi connectivity index (χ0) is 28.5. The van der Waals surface area contributed by atoms with E-state index in [0.717, 1.165) is 16.7 Å². The third-order valence-corrected chi connectivity index (χ3v) is 7.89. The van der Waals surface area contributed by atoms with Crippen LogP contribution in [0.2, 0.25) is 0 Å². The molecule has 0 bridgehead atoms. The number of rotatable bonds is 8. The van der Waals surface area contributed by atoms with Gasteiger partial charge in [0.1, 0.15) is 23.3 Å². The van der Waals surface area contributed by atoms with Crippen molar-refractivity contribution in [3.05, 3.63) is 128 Å². The Morgan fingerprint density at radius 1 is 0.925 bits per heavy atom. The predicted molar refractivity (Wildman–Crippen MR) is 149 cm³/mol. The van der Waals surface area contributed by atoms with Gasteiger partial charge in [-0.15, -0.1) is 0 Å². The molecule has 9 heteroatoms. The van der Waals surface area contributed by atoms with Crippen molar-refractivity contribution in [2.75, 3.05) is 20.8 Å². The molecule has 0 unspecified atom stereocenters. The fourth-order valence-electron chi connectivity index (χ4n) is 5.92. The first kappa shape index (κ1) is 27.4. The second-order valence-electron chi connectivity index (χ2n) is 9.92. The second kappa shape index (κ2) is 10.8. The molecule has 1 aliphatic heterocycles. The Labute approximate surface area is 231 Å². The van der Waals surface area contributed by atoms with Crippen molar-refractivity contribution in [1.29, 1.82) is 0 Å². The summed E-state index contributed by atoms with van der Waals surface area (Å²) in [6.45, 7) is 0.997. The van der Waals surface area contributed by atoms with E-state index in [1.807, 2.05) is 78.9 Å². The van der Waals surface area contributed by atoms with E-state index in [2.05, 4.69) is 4.98 Å². The molecule has 5 rings (SSSR count). The van der Waals surface area contributed by atoms with Crippen LogP contribution in [0.1, 0.15) is 34.9 Å². The summed E-state index contributed by atoms with van der Waals surface area (Å²) in [6, 6.07) is 24.3. The van der Waals surface area contributed by atoms with Crippen LogP contribution in [0.15, 0.2) is 94.6 Å². The van der Waals surface area contributed by atoms with Gasteiger partial charge in [0.05, 0.1) is 32.3 Å². The summed E-state index contributed by atoms with van der Waals surface area (Å²) < 4.78 is 18.8. The fraction of sp³-hybridized carbons (Fsp3) is 0.290. The molecule has 3 N–H and O–H groups in total. The smallest absolute Gasteiger partial charge is 0.330 e. The number of aromatic nitrogens is 2. The van der Waals surface area contributed by atoms with Crippen molar-refractivity contribution < 1.29 is 24.4 Å². The van der Waals surface area contributed by atoms with Crippen molar-refractivity contribution in [3.8, 4) is 11.5 Å². The maximum Gasteiger partial charge on any atom is 0.330 e. The van der Waals surface area contributed by atoms with Gasteiger partial charge in [-0.2, -0.15) is 0 Å². The van der Waals surface area contributed by atoms with Gasteiger partial charge in [0.25, 0.3) is 5.56 Å². The van der Waals surface area contributed by atoms with Gasteiger partial charge in [-0.05, 0) is 47.9 Å². The molecule has 1 fully saturated rings. The summed E-state index contributed by atoms with van der Waals surface area (Å²) in [5, 5.41) is 23.1. The lowest BCUT2D eigenvalue weighted by Gasteiger charge is -2.50. The van der Waals surface area contributed by atoms with Crippen molar-refractivity contribution >= 4 is 0 Å². The Morgan fingerprint density at radius 2 is 1.45 bits per heavy atom. The zero-order valence-corrected chi connectivity index (χ0v) is 22.5. The standard InChI is InChI=1S/C31H32N2O7/c1-20-18-33(29(37)32-28(20)36)27-17-26(35)30(19-34,40-27)31(21-7-5-4-6-8-21,22-9-13-24(38-2)14-10-22)23-11-15-25(39-3)16-12-23/h4-16,18,26-27,34-35H,17,19H2,1-3H3,(H,32,36,37)/t26-,27+,30+/m0/s1. The quantitative estimate of drug-likeness (QED) is 0.292. The number of hydrogen-bond acceptors (Lipinski definition) is 7. The van der Waals surface area contributed by atoms with Crippen LogP contribution in [0.25, 0.3) is 0 Å². The number of ether oxygens (including phenoxy) is 3. The van der Waals surface area contributed by atoms with Gasteiger partial charge < -0.3 is 24.4 Å². The maximum atomic E-state index is 12.8. The topological polar surface area (TPSA) is 123 Å². The zero-order valence-electron chi connectivity index (χ0n) is 22.5. The molecular weight excluding hydrogens is 512 g/mol. The molecule has 4 aromatic rings. The molecule has 0 saturated carbocycles. The number of methoxy groups -OCH3 is 2. The molecule has 3 atom stereocenters. The number of aliphatic hydroxyl groups is 2. The van der Waals surface area contributed by atoms with Crippen LogP contribution in [-0.4, -0.2) is 52.3 Å². The molecule has 0 amide bonds. The Hall–Kier alpha value is -4.18. The number of aromatic amines is 1. The van der Waals surface area contributed by atoms with Crippen LogP contribution >= 0.6 is 0 Å². The van der Waals surface area contributed by atoms with Gasteiger partial charge in [-0.3, -0.25) is 14.3 Å². The van der Waals surface area contributed by atoms with E-state index in [9.17, 15) is 19.8 Å². The first-order chi connectivity index (χ1) is 19.3. The normalized spacial score (nSPS) is 20.8. The van der Waals surface area contributed by atoms with Gasteiger partial charge >= 0.3 is 5.69 Å². The van der Waals surface area contributed by atoms with E-state index in [1.54, 1.807) is 21.1 Å². The average Bonchev–Trinajstić information content (AvgIpc) is 3.33. The summed E-state index contributed by atoms with van der Waals surface area (Å²) >= 11 is 0. The lowest BCUT2D eigenvalue weighted by atomic mass is 9.58. The Balaban J connectivity index is 1.83. The first-order valence-electron chi connectivity index (χ1n) is 12.9. The highest BCUT2D eigenvalue weighted by atomic mass is 16.6. The summed E-state index contributed by atoms with van der Waals surface area (Å²) in [5.74, 6) is 1.28. The number of nitrogens with one attached hydrogen (secondary N) is 1. The third kappa shape index (κ3) is 4.23. The van der Waals surface area contributed by atoms with Crippen LogP contribution in [0, 0.1) is 6.92 Å². The van der Waals surface area contributed by atoms with E-state index in [1.165, 1.54) is 10.8 Å². The summed E-state index contributed by atoms with van der Waals surface area (Å²) in [6.07, 6.45) is -0.792. The first-order valence-corrected chi connectivity index (χ1v) is 12.9. The highest BCUT2D eigenvalue weighted by Crippen LogP contribution is 2.56. The summed E-state index contributed by atoms with van der Waals surface area (Å²) in [4.78, 5) is 27.2. The molecule has 2 heterocycles. The monoisotopic (exact) mass is 544 g/mol. The van der Waals surface area contributed by atoms with Crippen molar-refractivity contribution in [1.82, 2.24) is 9.55 Å². The molecule has 1 saturated heterocycles. The lowest BCUT2D eigenvalue weighted by Crippen LogP contribution is -2.61. The van der Waals surface area contributed by atoms with E-state index >= 15 is 0 Å². The van der Waals surface area contributed by atoms with Crippen LogP contribution in [-0.2, 0) is 10.2 Å². The Morgan fingerprint density at radius 3 is 1.95 bits per heavy atom. The van der Waals surface area contributed by atoms with Crippen molar-refractivity contribution in [2.45, 2.75) is 36.7 Å². The van der Waals surface area contributed by atoms with E-state index in [4.69, 9.17) is 14.2 Å². The molecule has 208 valence electrons. The van der Waals surface area contributed by atoms with Crippen LogP contribution in [0.3, 0.4) is 0 Å². The van der Waals surface area contributed by atoms with Crippen molar-refractivity contribution in [2.24, 2.45) is 0 Å². The highest BCUT2D eigenvalue weighted by Gasteiger charge is 2.64. The van der Waals surface area contributed by atoms with E-state index in [0.29, 0.717) is 17.1 Å². The minimum absolute atomic E-state index is 0.00710. The number of hydrogen-bond donors (Lipinski definition) is 3. The molecule has 9 nitrogen and oxygen atoms in total. The average molecular weight is 545 g/mol. The molecule has 1 aromatic heterocycles. The second-order valence-corrected chi connectivity index (χ2v) is 9.92. The predicted octanol–water partition coefficient (Wildman–Crippen LogP) is 2.91. The highest BCUT2D eigenvalue weighted by molar-refractivity contribution is 5.56. The number of aryl methyl sites for hydroxylation is 1. The van der Waals surface area contributed by atoms with Gasteiger partial charge in [0.15, 0.2) is 0 Å². The minimum Gasteiger partial charge on any atom is -0.497 e. The molecule has 0 spiro atoms. The minimum atomic E-state index is -1.66. The number of benzene rings is 3. The number of H-pyrrole nitrogens is 1. The third-order valence-electron chi connectivity index (χ3n) is 7.89. The van der Waals surface area contributed by atoms with E-state index in [-0.39, 0.29) is 6.42 Å². The molecule has 0 aliphatic carbocycles. The molecule has 1 aliphatic rings. The maximum absolute atomic E-state index is 12.8. The molecular formula is C31H32N2O7. The number of aliphatic hydroxyl groups excluding tert-OH is 2. The Bertz CT molecular complexity index is 1530. The van der Waals surface area contributed by atoms with Gasteiger partial charge in [-0.1, -0.05) is 54.6 Å². The van der Waals surface area contributed by atoms with Crippen molar-refractivity contribution in [3.63, 3.8) is 0 Å². The van der Waals surface area contributed by atoms with Crippen LogP contribution in [0.4, 0.5) is 0 Å². The SMILES string of the molecule is COc1ccc(C(c2ccccc2)(c2ccc(OC)cc2)[C@]2(CO)O[C@@H](n3cc(C)c(=O)[nH]c3=O)C[C@@H]2O)cc1. The molecule has 40 heavy (non-hydrogen) atoms. The van der Waals surface area contributed by atoms with Gasteiger partial charge in [-0.25, -0.2) is 4.79 Å². The lowest BCUT2D eigenvalue weighted by molar-refractivity contribution is -0.154. The van der Waals surface area contributed by atoms with Gasteiger partial charge in [0.2, 0.25) is 0 Å². The number of nitrogens with zero attached hydrogens (tertiary/aromatic N) is 1.